The number of nitrogens with zero attached hydrogens (tertiary/aromatic N) is 1. The number of terminal acetylenes is 1. The summed E-state index contributed by atoms with van der Waals surface area (Å²) in [4.78, 5) is 12.7. The molecule has 6 nitrogen and oxygen atoms in total. The molecule has 1 amide bonds. The predicted molar refractivity (Wildman–Crippen MR) is 112 cm³/mol. The molecule has 0 fully saturated rings. The smallest absolute Gasteiger partial charge is 0.241 e. The number of nitrogens with two attached hydrogens (primary N) is 1. The van der Waals surface area contributed by atoms with Crippen molar-refractivity contribution in [1.82, 2.24) is 9.29 Å². The number of nitrogens with one attached hydrogen (secondary N) is 1. The highest BCUT2D eigenvalue weighted by Gasteiger charge is 2.27. The molecular formula is C21H21N3O3S. The lowest BCUT2D eigenvalue weighted by atomic mass is 9.90. The first-order chi connectivity index (χ1) is 13.6. The van der Waals surface area contributed by atoms with Crippen molar-refractivity contribution < 1.29 is 14.3 Å². The fourth-order valence-electron chi connectivity index (χ4n) is 3.45. The van der Waals surface area contributed by atoms with Crippen LogP contribution in [0.3, 0.4) is 0 Å². The van der Waals surface area contributed by atoms with Crippen molar-refractivity contribution in [2.75, 3.05) is 6.79 Å². The number of fused-ring (bicyclic) bond motifs is 2. The summed E-state index contributed by atoms with van der Waals surface area (Å²) in [7, 11) is 1.96. The molecule has 3 aromatic rings. The molecule has 2 heterocycles. The van der Waals surface area contributed by atoms with Gasteiger partial charge in [-0.2, -0.15) is 0 Å². The Kier molecular flexibility index (Phi) is 5.83. The largest absolute Gasteiger partial charge is 0.454 e. The minimum Gasteiger partial charge on any atom is -0.454 e. The Labute approximate surface area is 169 Å². The molecule has 28 heavy (non-hydrogen) atoms. The van der Waals surface area contributed by atoms with Crippen LogP contribution in [0.2, 0.25) is 0 Å². The Morgan fingerprint density at radius 2 is 2.00 bits per heavy atom. The van der Waals surface area contributed by atoms with Gasteiger partial charge in [0, 0.05) is 30.7 Å². The molecule has 0 saturated carbocycles. The average molecular weight is 395 g/mol. The first kappa shape index (κ1) is 19.7. The van der Waals surface area contributed by atoms with Crippen LogP contribution < -0.4 is 19.9 Å². The van der Waals surface area contributed by atoms with Crippen LogP contribution >= 0.6 is 12.8 Å². The molecule has 0 radical (unpaired) electrons. The van der Waals surface area contributed by atoms with Gasteiger partial charge in [0.25, 0.3) is 0 Å². The maximum atomic E-state index is 12.7. The molecule has 1 unspecified atom stereocenters. The number of hydrogen-bond acceptors (Lipinski definition) is 5. The van der Waals surface area contributed by atoms with Gasteiger partial charge in [0.05, 0.1) is 5.92 Å². The van der Waals surface area contributed by atoms with E-state index in [1.54, 1.807) is 0 Å². The molecule has 3 N–H and O–H groups in total. The molecule has 0 saturated heterocycles. The van der Waals surface area contributed by atoms with E-state index < -0.39 is 5.92 Å². The van der Waals surface area contributed by atoms with Crippen molar-refractivity contribution in [1.29, 1.82) is 0 Å². The van der Waals surface area contributed by atoms with Crippen molar-refractivity contribution in [3.05, 3.63) is 59.3 Å². The van der Waals surface area contributed by atoms with Crippen molar-refractivity contribution in [3.63, 3.8) is 0 Å². The molecule has 2 aromatic carbocycles. The molecular weight excluding hydrogens is 374 g/mol. The van der Waals surface area contributed by atoms with Crippen LogP contribution in [0, 0.1) is 12.8 Å². The topological polar surface area (TPSA) is 78.5 Å². The molecule has 4 rings (SSSR count). The van der Waals surface area contributed by atoms with Gasteiger partial charge in [-0.1, -0.05) is 31.0 Å². The second kappa shape index (κ2) is 8.30. The molecule has 0 spiro atoms. The van der Waals surface area contributed by atoms with Gasteiger partial charge in [0.1, 0.15) is 0 Å². The molecule has 144 valence electrons. The maximum Gasteiger partial charge on any atom is 0.241 e. The third-order valence-corrected chi connectivity index (χ3v) is 4.96. The Bertz CT molecular complexity index is 1040. The number of thiol groups is 1. The van der Waals surface area contributed by atoms with Crippen LogP contribution in [0.15, 0.2) is 42.6 Å². The summed E-state index contributed by atoms with van der Waals surface area (Å²) in [6, 6.07) is 11.6. The summed E-state index contributed by atoms with van der Waals surface area (Å²) in [5, 5.41) is 1.00. The summed E-state index contributed by atoms with van der Waals surface area (Å²) in [6.07, 6.45) is 9.98. The zero-order valence-corrected chi connectivity index (χ0v) is 16.3. The number of rotatable bonds is 4. The van der Waals surface area contributed by atoms with Crippen LogP contribution in [0.5, 0.6) is 11.5 Å². The minimum absolute atomic E-state index is 0.193. The lowest BCUT2D eigenvalue weighted by Crippen LogP contribution is -2.23. The van der Waals surface area contributed by atoms with Crippen LogP contribution in [-0.4, -0.2) is 17.3 Å². The normalized spacial score (nSPS) is 12.9. The van der Waals surface area contributed by atoms with Gasteiger partial charge in [-0.05, 0) is 34.9 Å². The number of carbonyl (C=O) groups excluding carboxylic acids is 1. The summed E-state index contributed by atoms with van der Waals surface area (Å²) >= 11 is 3.99. The highest BCUT2D eigenvalue weighted by Crippen LogP contribution is 2.38. The highest BCUT2D eigenvalue weighted by molar-refractivity contribution is 7.78. The standard InChI is InChI=1S/C19H19N3O3S.C2H2/c1-22-9-14(13-4-2-11(8-20)6-15(13)22)18(19(23)21-26)12-3-5-16-17(7-12)25-10-24-16;1-2/h2-7,9,18,26H,8,10,20H2,1H3,(H,21,23);1-2H. The minimum atomic E-state index is -0.519. The van der Waals surface area contributed by atoms with Crippen LogP contribution in [0.4, 0.5) is 0 Å². The van der Waals surface area contributed by atoms with Crippen molar-refractivity contribution in [2.45, 2.75) is 12.5 Å². The van der Waals surface area contributed by atoms with Crippen molar-refractivity contribution >= 4 is 29.6 Å². The van der Waals surface area contributed by atoms with Crippen molar-refractivity contribution in [2.24, 2.45) is 12.8 Å². The van der Waals surface area contributed by atoms with Gasteiger partial charge in [-0.25, -0.2) is 0 Å². The Morgan fingerprint density at radius 3 is 2.71 bits per heavy atom. The monoisotopic (exact) mass is 395 g/mol. The molecule has 1 aliphatic heterocycles. The van der Waals surface area contributed by atoms with Gasteiger partial charge < -0.3 is 24.5 Å². The zero-order chi connectivity index (χ0) is 20.3. The highest BCUT2D eigenvalue weighted by atomic mass is 32.1. The van der Waals surface area contributed by atoms with Gasteiger partial charge in [0.15, 0.2) is 11.5 Å². The number of benzene rings is 2. The van der Waals surface area contributed by atoms with E-state index in [4.69, 9.17) is 15.2 Å². The van der Waals surface area contributed by atoms with E-state index in [2.05, 4.69) is 30.4 Å². The fraction of sp³-hybridized carbons (Fsp3) is 0.190. The van der Waals surface area contributed by atoms with Gasteiger partial charge in [0.2, 0.25) is 12.7 Å². The number of aryl methyl sites for hydroxylation is 1. The van der Waals surface area contributed by atoms with Crippen LogP contribution in [0.25, 0.3) is 10.9 Å². The van der Waals surface area contributed by atoms with E-state index in [1.807, 2.05) is 54.2 Å². The van der Waals surface area contributed by atoms with E-state index in [9.17, 15) is 4.79 Å². The Balaban J connectivity index is 0.00000109. The number of aromatic nitrogens is 1. The molecule has 0 bridgehead atoms. The molecule has 1 atom stereocenters. The fourth-order valence-corrected chi connectivity index (χ4v) is 3.58. The quantitative estimate of drug-likeness (QED) is 0.469. The Morgan fingerprint density at radius 1 is 1.25 bits per heavy atom. The summed E-state index contributed by atoms with van der Waals surface area (Å²) < 4.78 is 15.3. The number of carbonyl (C=O) groups is 1. The first-order valence-electron chi connectivity index (χ1n) is 8.57. The predicted octanol–water partition coefficient (Wildman–Crippen LogP) is 2.71. The lowest BCUT2D eigenvalue weighted by Gasteiger charge is -2.16. The van der Waals surface area contributed by atoms with Gasteiger partial charge in [-0.15, -0.1) is 12.8 Å². The van der Waals surface area contributed by atoms with Gasteiger partial charge >= 0.3 is 0 Å². The maximum absolute atomic E-state index is 12.7. The summed E-state index contributed by atoms with van der Waals surface area (Å²) in [5.74, 6) is 0.603. The van der Waals surface area contributed by atoms with Crippen LogP contribution in [0.1, 0.15) is 22.6 Å². The van der Waals surface area contributed by atoms with E-state index in [-0.39, 0.29) is 12.7 Å². The van der Waals surface area contributed by atoms with E-state index in [1.165, 1.54) is 0 Å². The third-order valence-electron chi connectivity index (χ3n) is 4.73. The van der Waals surface area contributed by atoms with E-state index in [0.29, 0.717) is 18.0 Å². The second-order valence-electron chi connectivity index (χ2n) is 6.27. The average Bonchev–Trinajstić information content (AvgIpc) is 3.33. The SMILES string of the molecule is C#C.Cn1cc(C(C(=O)NS)c2ccc3c(c2)OCO3)c2ccc(CN)cc21. The number of amides is 1. The van der Waals surface area contributed by atoms with E-state index >= 15 is 0 Å². The lowest BCUT2D eigenvalue weighted by molar-refractivity contribution is -0.119. The van der Waals surface area contributed by atoms with E-state index in [0.717, 1.165) is 27.6 Å². The third kappa shape index (κ3) is 3.40. The second-order valence-corrected chi connectivity index (χ2v) is 6.50. The number of ether oxygens (including phenoxy) is 2. The molecule has 7 heteroatoms. The molecule has 0 aliphatic carbocycles. The van der Waals surface area contributed by atoms with Crippen molar-refractivity contribution in [3.8, 4) is 24.3 Å². The molecule has 1 aromatic heterocycles. The molecule has 1 aliphatic rings. The summed E-state index contributed by atoms with van der Waals surface area (Å²) in [5.41, 5.74) is 9.55. The van der Waals surface area contributed by atoms with Crippen LogP contribution in [-0.2, 0) is 18.4 Å². The first-order valence-corrected chi connectivity index (χ1v) is 9.02. The number of hydrogen-bond donors (Lipinski definition) is 3. The van der Waals surface area contributed by atoms with Gasteiger partial charge in [-0.3, -0.25) is 4.79 Å². The Hall–Kier alpha value is -3.08. The summed E-state index contributed by atoms with van der Waals surface area (Å²) in [6.45, 7) is 0.664. The zero-order valence-electron chi connectivity index (χ0n) is 15.4.